The molecule has 0 heterocycles. The lowest BCUT2D eigenvalue weighted by Crippen LogP contribution is -2.43. The van der Waals surface area contributed by atoms with E-state index in [1.807, 2.05) is 19.1 Å². The zero-order valence-corrected chi connectivity index (χ0v) is 17.0. The second-order valence-corrected chi connectivity index (χ2v) is 7.72. The SMILES string of the molecule is CCOC(=O)C(CSC(=O)[C@@H](C)c1ccc(CC(C)C)cc1)NC(C)=O. The van der Waals surface area contributed by atoms with E-state index >= 15 is 0 Å². The summed E-state index contributed by atoms with van der Waals surface area (Å²) in [7, 11) is 0. The van der Waals surface area contributed by atoms with Gasteiger partial charge in [-0.3, -0.25) is 9.59 Å². The van der Waals surface area contributed by atoms with Crippen LogP contribution in [0.5, 0.6) is 0 Å². The Hall–Kier alpha value is -1.82. The molecule has 2 atom stereocenters. The first-order valence-corrected chi connectivity index (χ1v) is 9.92. The van der Waals surface area contributed by atoms with Gasteiger partial charge in [-0.15, -0.1) is 0 Å². The fourth-order valence-corrected chi connectivity index (χ4v) is 3.43. The maximum Gasteiger partial charge on any atom is 0.329 e. The highest BCUT2D eigenvalue weighted by Gasteiger charge is 2.24. The van der Waals surface area contributed by atoms with Crippen molar-refractivity contribution in [2.24, 2.45) is 5.92 Å². The molecule has 1 aromatic carbocycles. The summed E-state index contributed by atoms with van der Waals surface area (Å²) >= 11 is 1.04. The summed E-state index contributed by atoms with van der Waals surface area (Å²) < 4.78 is 4.95. The lowest BCUT2D eigenvalue weighted by molar-refractivity contribution is -0.146. The standard InChI is InChI=1S/C20H29NO4S/c1-6-25-19(23)18(21-15(5)22)12-26-20(24)14(4)17-9-7-16(8-10-17)11-13(2)3/h7-10,13-14,18H,6,11-12H2,1-5H3,(H,21,22)/t14-,18?/m0/s1. The highest BCUT2D eigenvalue weighted by atomic mass is 32.2. The van der Waals surface area contributed by atoms with Gasteiger partial charge in [-0.1, -0.05) is 56.8 Å². The molecule has 0 aliphatic carbocycles. The van der Waals surface area contributed by atoms with E-state index in [9.17, 15) is 14.4 Å². The van der Waals surface area contributed by atoms with Gasteiger partial charge in [0.1, 0.15) is 6.04 Å². The van der Waals surface area contributed by atoms with E-state index in [2.05, 4.69) is 31.3 Å². The highest BCUT2D eigenvalue weighted by molar-refractivity contribution is 8.13. The van der Waals surface area contributed by atoms with Crippen LogP contribution in [0.4, 0.5) is 0 Å². The molecule has 5 nitrogen and oxygen atoms in total. The van der Waals surface area contributed by atoms with Crippen LogP contribution in [0.1, 0.15) is 51.7 Å². The number of esters is 1. The van der Waals surface area contributed by atoms with Crippen LogP contribution in [0.3, 0.4) is 0 Å². The Morgan fingerprint density at radius 3 is 2.23 bits per heavy atom. The average molecular weight is 380 g/mol. The lowest BCUT2D eigenvalue weighted by Gasteiger charge is -2.17. The Morgan fingerprint density at radius 2 is 1.73 bits per heavy atom. The van der Waals surface area contributed by atoms with Crippen LogP contribution in [0, 0.1) is 5.92 Å². The molecule has 1 unspecified atom stereocenters. The largest absolute Gasteiger partial charge is 0.464 e. The second-order valence-electron chi connectivity index (χ2n) is 6.70. The fourth-order valence-electron chi connectivity index (χ4n) is 2.50. The van der Waals surface area contributed by atoms with Gasteiger partial charge in [-0.25, -0.2) is 4.79 Å². The highest BCUT2D eigenvalue weighted by Crippen LogP contribution is 2.24. The van der Waals surface area contributed by atoms with E-state index in [1.54, 1.807) is 6.92 Å². The molecule has 0 saturated heterocycles. The first-order chi connectivity index (χ1) is 12.2. The van der Waals surface area contributed by atoms with Crippen molar-refractivity contribution in [1.29, 1.82) is 0 Å². The zero-order chi connectivity index (χ0) is 19.7. The number of thioether (sulfide) groups is 1. The summed E-state index contributed by atoms with van der Waals surface area (Å²) in [4.78, 5) is 35.6. The third-order valence-corrected chi connectivity index (χ3v) is 4.96. The Bertz CT molecular complexity index is 613. The molecule has 0 saturated carbocycles. The number of amides is 1. The number of carbonyl (C=O) groups is 3. The molecule has 0 aliphatic rings. The topological polar surface area (TPSA) is 72.5 Å². The molecule has 0 aromatic heterocycles. The number of nitrogens with one attached hydrogen (secondary N) is 1. The molecule has 144 valence electrons. The number of carbonyl (C=O) groups excluding carboxylic acids is 3. The molecule has 1 rings (SSSR count). The van der Waals surface area contributed by atoms with Crippen molar-refractivity contribution < 1.29 is 19.1 Å². The van der Waals surface area contributed by atoms with Crippen LogP contribution < -0.4 is 5.32 Å². The van der Waals surface area contributed by atoms with E-state index in [-0.39, 0.29) is 29.3 Å². The summed E-state index contributed by atoms with van der Waals surface area (Å²) in [5.74, 6) is -0.386. The van der Waals surface area contributed by atoms with Crippen molar-refractivity contribution in [3.05, 3.63) is 35.4 Å². The van der Waals surface area contributed by atoms with Gasteiger partial charge in [0.05, 0.1) is 12.5 Å². The maximum absolute atomic E-state index is 12.5. The van der Waals surface area contributed by atoms with E-state index in [1.165, 1.54) is 12.5 Å². The van der Waals surface area contributed by atoms with Crippen molar-refractivity contribution in [3.63, 3.8) is 0 Å². The summed E-state index contributed by atoms with van der Waals surface area (Å²) in [6.45, 7) is 9.46. The van der Waals surface area contributed by atoms with Crippen LogP contribution >= 0.6 is 11.8 Å². The van der Waals surface area contributed by atoms with Crippen molar-refractivity contribution in [3.8, 4) is 0 Å². The fraction of sp³-hybridized carbons (Fsp3) is 0.550. The second kappa shape index (κ2) is 11.0. The maximum atomic E-state index is 12.5. The predicted molar refractivity (Wildman–Crippen MR) is 105 cm³/mol. The van der Waals surface area contributed by atoms with Crippen molar-refractivity contribution in [1.82, 2.24) is 5.32 Å². The van der Waals surface area contributed by atoms with Crippen LogP contribution in [0.2, 0.25) is 0 Å². The number of hydrogen-bond acceptors (Lipinski definition) is 5. The van der Waals surface area contributed by atoms with Gasteiger partial charge in [0.2, 0.25) is 5.91 Å². The van der Waals surface area contributed by atoms with Gasteiger partial charge in [0, 0.05) is 12.7 Å². The van der Waals surface area contributed by atoms with Crippen molar-refractivity contribution in [2.75, 3.05) is 12.4 Å². The first-order valence-electron chi connectivity index (χ1n) is 8.93. The van der Waals surface area contributed by atoms with Gasteiger partial charge in [0.25, 0.3) is 0 Å². The van der Waals surface area contributed by atoms with Crippen LogP contribution in [-0.4, -0.2) is 35.4 Å². The molecular formula is C20H29NO4S. The molecule has 26 heavy (non-hydrogen) atoms. The molecule has 0 spiro atoms. The van der Waals surface area contributed by atoms with Gasteiger partial charge in [-0.05, 0) is 30.4 Å². The molecule has 1 aromatic rings. The number of ether oxygens (including phenoxy) is 1. The summed E-state index contributed by atoms with van der Waals surface area (Å²) in [5.41, 5.74) is 2.20. The summed E-state index contributed by atoms with van der Waals surface area (Å²) in [6, 6.07) is 7.27. The van der Waals surface area contributed by atoms with Crippen LogP contribution in [0.25, 0.3) is 0 Å². The third kappa shape index (κ3) is 7.60. The molecule has 6 heteroatoms. The number of benzene rings is 1. The number of hydrogen-bond donors (Lipinski definition) is 1. The molecule has 0 bridgehead atoms. The van der Waals surface area contributed by atoms with Gasteiger partial charge in [-0.2, -0.15) is 0 Å². The van der Waals surface area contributed by atoms with E-state index < -0.39 is 12.0 Å². The number of rotatable bonds is 9. The Morgan fingerprint density at radius 1 is 1.12 bits per heavy atom. The first kappa shape index (κ1) is 22.2. The van der Waals surface area contributed by atoms with Gasteiger partial charge in [0.15, 0.2) is 5.12 Å². The minimum Gasteiger partial charge on any atom is -0.464 e. The van der Waals surface area contributed by atoms with E-state index in [4.69, 9.17) is 4.74 Å². The summed E-state index contributed by atoms with van der Waals surface area (Å²) in [5, 5.41) is 2.50. The minimum atomic E-state index is -0.818. The smallest absolute Gasteiger partial charge is 0.329 e. The molecule has 1 N–H and O–H groups in total. The van der Waals surface area contributed by atoms with Crippen molar-refractivity contribution in [2.45, 2.75) is 53.0 Å². The van der Waals surface area contributed by atoms with Gasteiger partial charge >= 0.3 is 5.97 Å². The third-order valence-electron chi connectivity index (χ3n) is 3.82. The Balaban J connectivity index is 2.66. The summed E-state index contributed by atoms with van der Waals surface area (Å²) in [6.07, 6.45) is 1.01. The van der Waals surface area contributed by atoms with E-state index in [0.29, 0.717) is 5.92 Å². The Kier molecular flexibility index (Phi) is 9.41. The Labute approximate surface area is 160 Å². The molecule has 0 aliphatic heterocycles. The zero-order valence-electron chi connectivity index (χ0n) is 16.2. The van der Waals surface area contributed by atoms with Crippen molar-refractivity contribution >= 4 is 28.8 Å². The molecular weight excluding hydrogens is 350 g/mol. The monoisotopic (exact) mass is 379 g/mol. The van der Waals surface area contributed by atoms with Gasteiger partial charge < -0.3 is 10.1 Å². The lowest BCUT2D eigenvalue weighted by atomic mass is 9.97. The minimum absolute atomic E-state index is 0.0405. The predicted octanol–water partition coefficient (Wildman–Crippen LogP) is 3.32. The van der Waals surface area contributed by atoms with Crippen LogP contribution in [-0.2, 0) is 25.5 Å². The van der Waals surface area contributed by atoms with Crippen LogP contribution in [0.15, 0.2) is 24.3 Å². The van der Waals surface area contributed by atoms with E-state index in [0.717, 1.165) is 23.7 Å². The quantitative estimate of drug-likeness (QED) is 0.667. The molecule has 0 fully saturated rings. The molecule has 1 amide bonds. The molecule has 0 radical (unpaired) electrons. The normalized spacial score (nSPS) is 13.2. The average Bonchev–Trinajstić information content (AvgIpc) is 2.57.